The third-order valence-corrected chi connectivity index (χ3v) is 5.80. The quantitative estimate of drug-likeness (QED) is 0.372. The second-order valence-corrected chi connectivity index (χ2v) is 8.39. The van der Waals surface area contributed by atoms with Gasteiger partial charge in [-0.25, -0.2) is 24.1 Å². The zero-order valence-electron chi connectivity index (χ0n) is 19.1. The molecule has 0 radical (unpaired) electrons. The molecule has 0 aliphatic heterocycles. The van der Waals surface area contributed by atoms with E-state index in [0.717, 1.165) is 25.1 Å². The molecular formula is C22H22ClFN8O3. The lowest BCUT2D eigenvalue weighted by molar-refractivity contribution is -0.118. The van der Waals surface area contributed by atoms with E-state index in [9.17, 15) is 14.0 Å². The van der Waals surface area contributed by atoms with Gasteiger partial charge in [0.25, 0.3) is 0 Å². The van der Waals surface area contributed by atoms with Crippen LogP contribution in [-0.2, 0) is 16.6 Å². The van der Waals surface area contributed by atoms with E-state index in [1.807, 2.05) is 0 Å². The van der Waals surface area contributed by atoms with E-state index in [1.165, 1.54) is 23.3 Å². The van der Waals surface area contributed by atoms with Gasteiger partial charge in [-0.3, -0.25) is 19.8 Å². The van der Waals surface area contributed by atoms with Crippen LogP contribution in [0.3, 0.4) is 0 Å². The molecule has 0 spiro atoms. The third kappa shape index (κ3) is 5.27. The summed E-state index contributed by atoms with van der Waals surface area (Å²) < 4.78 is 20.3. The zero-order chi connectivity index (χ0) is 25.2. The Morgan fingerprint density at radius 1 is 1.23 bits per heavy atom. The second-order valence-electron chi connectivity index (χ2n) is 8.03. The van der Waals surface area contributed by atoms with Gasteiger partial charge in [0.2, 0.25) is 5.91 Å². The van der Waals surface area contributed by atoms with Gasteiger partial charge in [-0.1, -0.05) is 11.6 Å². The largest absolute Gasteiger partial charge is 0.441 e. The molecule has 0 bridgehead atoms. The number of hydrogen-bond acceptors (Lipinski definition) is 8. The minimum absolute atomic E-state index is 0.0306. The summed E-state index contributed by atoms with van der Waals surface area (Å²) in [6, 6.07) is 1.15. The second kappa shape index (κ2) is 9.74. The van der Waals surface area contributed by atoms with E-state index in [4.69, 9.17) is 16.3 Å². The fourth-order valence-corrected chi connectivity index (χ4v) is 3.66. The Morgan fingerprint density at radius 2 is 1.94 bits per heavy atom. The van der Waals surface area contributed by atoms with E-state index in [2.05, 4.69) is 35.7 Å². The molecule has 3 aromatic heterocycles. The highest BCUT2D eigenvalue weighted by atomic mass is 35.5. The topological polar surface area (TPSA) is 136 Å². The van der Waals surface area contributed by atoms with Crippen LogP contribution in [0.15, 0.2) is 35.8 Å². The average Bonchev–Trinajstić information content (AvgIpc) is 3.53. The molecule has 13 heteroatoms. The summed E-state index contributed by atoms with van der Waals surface area (Å²) in [5.74, 6) is -0.211. The normalized spacial score (nSPS) is 15.0. The van der Waals surface area contributed by atoms with Crippen LogP contribution in [0, 0.1) is 11.2 Å². The molecule has 3 heterocycles. The Hall–Kier alpha value is -3.93. The molecule has 0 saturated heterocycles. The molecule has 1 aliphatic carbocycles. The van der Waals surface area contributed by atoms with Crippen molar-refractivity contribution in [1.29, 1.82) is 0 Å². The Balaban J connectivity index is 1.45. The standard InChI is InChI=1S/C22H22ClFN8O3/c1-12(15-6-13(24)7-26-17(15)23)35-21(34)31-19-16(10-29-32(19)3)18-27-8-14(9-28-18)30-20(33)22(4-5-22)11-25-2/h6-12H,4-5H2,1-3H3,(H,30,33)(H,31,34)/t12-/m1/s1. The van der Waals surface area contributed by atoms with Crippen molar-refractivity contribution in [3.05, 3.63) is 47.4 Å². The predicted molar refractivity (Wildman–Crippen MR) is 127 cm³/mol. The van der Waals surface area contributed by atoms with Gasteiger partial charge in [-0.15, -0.1) is 0 Å². The van der Waals surface area contributed by atoms with Crippen molar-refractivity contribution >= 4 is 41.3 Å². The molecule has 3 aromatic rings. The van der Waals surface area contributed by atoms with Crippen molar-refractivity contribution in [2.45, 2.75) is 25.9 Å². The number of hydrogen-bond donors (Lipinski definition) is 2. The number of rotatable bonds is 7. The molecule has 1 saturated carbocycles. The first-order chi connectivity index (χ1) is 16.7. The summed E-state index contributed by atoms with van der Waals surface area (Å²) in [6.07, 6.45) is 6.85. The number of amides is 2. The lowest BCUT2D eigenvalue weighted by Crippen LogP contribution is -2.25. The van der Waals surface area contributed by atoms with Gasteiger partial charge in [0.05, 0.1) is 41.5 Å². The SMILES string of the molecule is CN=CC1(C(=O)Nc2cnc(-c3cnn(C)c3NC(=O)O[C@H](C)c3cc(F)cnc3Cl)nc2)CC1. The van der Waals surface area contributed by atoms with E-state index < -0.39 is 23.4 Å². The van der Waals surface area contributed by atoms with Crippen LogP contribution in [-0.4, -0.2) is 50.0 Å². The number of aryl methyl sites for hydroxylation is 1. The predicted octanol–water partition coefficient (Wildman–Crippen LogP) is 3.79. The summed E-state index contributed by atoms with van der Waals surface area (Å²) in [4.78, 5) is 41.3. The van der Waals surface area contributed by atoms with Gasteiger partial charge in [0.15, 0.2) is 5.82 Å². The van der Waals surface area contributed by atoms with Crippen LogP contribution in [0.5, 0.6) is 0 Å². The molecule has 0 unspecified atom stereocenters. The van der Waals surface area contributed by atoms with Gasteiger partial charge >= 0.3 is 6.09 Å². The first kappa shape index (κ1) is 24.2. The van der Waals surface area contributed by atoms with Crippen LogP contribution >= 0.6 is 11.6 Å². The Morgan fingerprint density at radius 3 is 2.60 bits per heavy atom. The fraction of sp³-hybridized carbons (Fsp3) is 0.318. The summed E-state index contributed by atoms with van der Waals surface area (Å²) in [7, 11) is 3.25. The van der Waals surface area contributed by atoms with Crippen LogP contribution in [0.25, 0.3) is 11.4 Å². The maximum absolute atomic E-state index is 13.5. The molecule has 1 aliphatic rings. The summed E-state index contributed by atoms with van der Waals surface area (Å²) in [6.45, 7) is 1.54. The van der Waals surface area contributed by atoms with Crippen molar-refractivity contribution in [2.75, 3.05) is 17.7 Å². The highest BCUT2D eigenvalue weighted by molar-refractivity contribution is 6.30. The van der Waals surface area contributed by atoms with Crippen molar-refractivity contribution in [3.8, 4) is 11.4 Å². The molecule has 1 atom stereocenters. The fourth-order valence-electron chi connectivity index (χ4n) is 3.41. The Kier molecular flexibility index (Phi) is 6.74. The first-order valence-corrected chi connectivity index (χ1v) is 11.0. The number of pyridine rings is 1. The molecule has 2 amide bonds. The van der Waals surface area contributed by atoms with Gasteiger partial charge in [-0.2, -0.15) is 5.10 Å². The van der Waals surface area contributed by atoms with E-state index in [1.54, 1.807) is 27.2 Å². The van der Waals surface area contributed by atoms with Crippen molar-refractivity contribution in [2.24, 2.45) is 17.5 Å². The highest BCUT2D eigenvalue weighted by Crippen LogP contribution is 2.44. The molecule has 4 rings (SSSR count). The van der Waals surface area contributed by atoms with Crippen molar-refractivity contribution in [1.82, 2.24) is 24.7 Å². The molecule has 35 heavy (non-hydrogen) atoms. The van der Waals surface area contributed by atoms with Crippen molar-refractivity contribution < 1.29 is 18.7 Å². The van der Waals surface area contributed by atoms with E-state index >= 15 is 0 Å². The maximum atomic E-state index is 13.5. The number of halogens is 2. The number of nitrogens with zero attached hydrogens (tertiary/aromatic N) is 6. The highest BCUT2D eigenvalue weighted by Gasteiger charge is 2.48. The molecule has 182 valence electrons. The molecule has 11 nitrogen and oxygen atoms in total. The number of aliphatic imine (C=N–C) groups is 1. The Bertz CT molecular complexity index is 1290. The number of carbonyl (C=O) groups is 2. The molecular weight excluding hydrogens is 479 g/mol. The lowest BCUT2D eigenvalue weighted by atomic mass is 10.1. The molecule has 2 N–H and O–H groups in total. The Labute approximate surface area is 204 Å². The summed E-state index contributed by atoms with van der Waals surface area (Å²) in [5, 5.41) is 9.57. The van der Waals surface area contributed by atoms with E-state index in [-0.39, 0.29) is 28.3 Å². The smallest absolute Gasteiger partial charge is 0.413 e. The van der Waals surface area contributed by atoms with Crippen LogP contribution < -0.4 is 10.6 Å². The maximum Gasteiger partial charge on any atom is 0.413 e. The number of nitrogens with one attached hydrogen (secondary N) is 2. The number of ether oxygens (including phenoxy) is 1. The third-order valence-electron chi connectivity index (χ3n) is 5.48. The van der Waals surface area contributed by atoms with Gasteiger partial charge < -0.3 is 10.1 Å². The van der Waals surface area contributed by atoms with Crippen LogP contribution in [0.4, 0.5) is 20.7 Å². The zero-order valence-corrected chi connectivity index (χ0v) is 19.9. The van der Waals surface area contributed by atoms with Crippen molar-refractivity contribution in [3.63, 3.8) is 0 Å². The minimum atomic E-state index is -0.867. The van der Waals surface area contributed by atoms with Gasteiger partial charge in [0, 0.05) is 25.9 Å². The van der Waals surface area contributed by atoms with Gasteiger partial charge in [-0.05, 0) is 25.8 Å². The number of aromatic nitrogens is 5. The number of anilines is 2. The summed E-state index contributed by atoms with van der Waals surface area (Å²) in [5.41, 5.74) is 0.530. The number of carbonyl (C=O) groups excluding carboxylic acids is 2. The molecule has 0 aromatic carbocycles. The van der Waals surface area contributed by atoms with Gasteiger partial charge in [0.1, 0.15) is 22.9 Å². The lowest BCUT2D eigenvalue weighted by Gasteiger charge is -2.15. The monoisotopic (exact) mass is 500 g/mol. The summed E-state index contributed by atoms with van der Waals surface area (Å²) >= 11 is 5.98. The van der Waals surface area contributed by atoms with E-state index in [0.29, 0.717) is 11.3 Å². The average molecular weight is 501 g/mol. The minimum Gasteiger partial charge on any atom is -0.441 e. The molecule has 1 fully saturated rings. The van der Waals surface area contributed by atoms with Crippen LogP contribution in [0.1, 0.15) is 31.4 Å². The first-order valence-electron chi connectivity index (χ1n) is 10.6. The van der Waals surface area contributed by atoms with Crippen LogP contribution in [0.2, 0.25) is 5.15 Å².